The average Bonchev–Trinajstić information content (AvgIpc) is 3.12. The van der Waals surface area contributed by atoms with Crippen molar-refractivity contribution in [3.63, 3.8) is 0 Å². The molecular formula is C28H40N2O8. The van der Waals surface area contributed by atoms with Crippen LogP contribution in [-0.4, -0.2) is 98.9 Å². The van der Waals surface area contributed by atoms with Crippen LogP contribution in [0, 0.1) is 28.6 Å². The maximum atomic E-state index is 13.9. The fourth-order valence-corrected chi connectivity index (χ4v) is 7.32. The Morgan fingerprint density at radius 2 is 1.95 bits per heavy atom. The van der Waals surface area contributed by atoms with Crippen LogP contribution in [-0.2, 0) is 33.4 Å². The quantitative estimate of drug-likeness (QED) is 0.213. The number of fused-ring (bicyclic) bond motifs is 4. The minimum atomic E-state index is -1.17. The average molecular weight is 533 g/mol. The second kappa shape index (κ2) is 10.6. The highest BCUT2D eigenvalue weighted by Gasteiger charge is 2.68. The van der Waals surface area contributed by atoms with Gasteiger partial charge in [-0.1, -0.05) is 13.8 Å². The van der Waals surface area contributed by atoms with E-state index in [1.807, 2.05) is 32.8 Å². The van der Waals surface area contributed by atoms with Crippen LogP contribution in [0.4, 0.5) is 0 Å². The summed E-state index contributed by atoms with van der Waals surface area (Å²) in [6, 6.07) is 0. The first-order chi connectivity index (χ1) is 17.9. The number of carbonyl (C=O) groups is 4. The van der Waals surface area contributed by atoms with Crippen molar-refractivity contribution in [3.05, 3.63) is 11.1 Å². The summed E-state index contributed by atoms with van der Waals surface area (Å²) in [5.41, 5.74) is -1.06. The van der Waals surface area contributed by atoms with Crippen molar-refractivity contribution in [3.8, 4) is 0 Å². The van der Waals surface area contributed by atoms with Crippen molar-refractivity contribution in [1.29, 1.82) is 0 Å². The molecule has 4 rings (SSSR count). The molecule has 0 aromatic rings. The molecule has 8 atom stereocenters. The van der Waals surface area contributed by atoms with E-state index in [0.717, 1.165) is 13.0 Å². The normalized spacial score (nSPS) is 38.8. The van der Waals surface area contributed by atoms with E-state index in [1.165, 1.54) is 20.2 Å². The summed E-state index contributed by atoms with van der Waals surface area (Å²) in [5, 5.41) is 10.9. The Kier molecular flexibility index (Phi) is 7.99. The first-order valence-electron chi connectivity index (χ1n) is 13.4. The van der Waals surface area contributed by atoms with E-state index in [4.69, 9.17) is 14.2 Å². The number of methoxy groups -OCH3 is 1. The van der Waals surface area contributed by atoms with Crippen molar-refractivity contribution in [2.24, 2.45) is 33.6 Å². The lowest BCUT2D eigenvalue weighted by molar-refractivity contribution is -0.188. The molecule has 0 spiro atoms. The molecule has 1 aliphatic heterocycles. The number of Topliss-reactive ketones (excluding diaryl/α,β-unsaturated/α-hetero) is 2. The second-order valence-electron chi connectivity index (χ2n) is 11.9. The van der Waals surface area contributed by atoms with Gasteiger partial charge >= 0.3 is 11.9 Å². The number of aliphatic hydroxyl groups is 1. The molecule has 3 unspecified atom stereocenters. The van der Waals surface area contributed by atoms with E-state index >= 15 is 0 Å². The van der Waals surface area contributed by atoms with E-state index < -0.39 is 64.5 Å². The van der Waals surface area contributed by atoms with Crippen LogP contribution in [0.5, 0.6) is 0 Å². The molecule has 10 nitrogen and oxygen atoms in total. The summed E-state index contributed by atoms with van der Waals surface area (Å²) >= 11 is 0. The molecule has 0 aromatic carbocycles. The molecule has 210 valence electrons. The number of aliphatic hydroxyl groups excluding tert-OH is 1. The molecule has 0 amide bonds. The molecule has 10 heteroatoms. The molecule has 3 aliphatic carbocycles. The van der Waals surface area contributed by atoms with Gasteiger partial charge < -0.3 is 24.2 Å². The SMILES string of the molecule is COC[C@H]1OC(=O)C(C=NCCCN(C)C)C2C(=O)C(=O)C3=C([C@H](OC(C)=O)C[C@@]4(C)C3CC[C@@H]4O)[C@]21C. The van der Waals surface area contributed by atoms with Gasteiger partial charge in [0.05, 0.1) is 18.6 Å². The lowest BCUT2D eigenvalue weighted by Crippen LogP contribution is -2.65. The standard InChI is InChI=1S/C28H40N2O8/c1-15(31)37-18-12-27(2)17(8-9-19(27)32)21-23(18)28(3)20(14-36-6)38-26(35)16(22(28)25(34)24(21)33)13-29-10-7-11-30(4)5/h13,16-20,22,32H,7-12,14H2,1-6H3/t16?,17?,18-,19+,20-,22?,27+,28+/m1/s1. The van der Waals surface area contributed by atoms with Gasteiger partial charge in [-0.2, -0.15) is 0 Å². The van der Waals surface area contributed by atoms with Crippen molar-refractivity contribution in [1.82, 2.24) is 4.90 Å². The molecule has 0 bridgehead atoms. The molecule has 1 N–H and O–H groups in total. The molecular weight excluding hydrogens is 492 g/mol. The molecule has 0 radical (unpaired) electrons. The summed E-state index contributed by atoms with van der Waals surface area (Å²) in [6.07, 6.45) is 1.10. The number of hydrogen-bond acceptors (Lipinski definition) is 10. The zero-order valence-electron chi connectivity index (χ0n) is 23.2. The van der Waals surface area contributed by atoms with E-state index in [2.05, 4.69) is 4.99 Å². The zero-order chi connectivity index (χ0) is 28.0. The number of hydrogen-bond donors (Lipinski definition) is 1. The summed E-state index contributed by atoms with van der Waals surface area (Å²) in [6.45, 7) is 6.27. The fourth-order valence-electron chi connectivity index (χ4n) is 7.32. The highest BCUT2D eigenvalue weighted by molar-refractivity contribution is 6.46. The van der Waals surface area contributed by atoms with E-state index in [0.29, 0.717) is 37.0 Å². The van der Waals surface area contributed by atoms with Crippen LogP contribution in [0.1, 0.15) is 46.5 Å². The molecule has 0 aromatic heterocycles. The third-order valence-corrected chi connectivity index (χ3v) is 9.19. The highest BCUT2D eigenvalue weighted by Crippen LogP contribution is 2.62. The maximum Gasteiger partial charge on any atom is 0.315 e. The van der Waals surface area contributed by atoms with Gasteiger partial charge in [0, 0.05) is 43.2 Å². The number of nitrogens with zero attached hydrogens (tertiary/aromatic N) is 2. The third kappa shape index (κ3) is 4.54. The van der Waals surface area contributed by atoms with Crippen molar-refractivity contribution in [2.45, 2.75) is 64.8 Å². The summed E-state index contributed by atoms with van der Waals surface area (Å²) in [4.78, 5) is 59.8. The van der Waals surface area contributed by atoms with Crippen LogP contribution >= 0.6 is 0 Å². The lowest BCUT2D eigenvalue weighted by Gasteiger charge is -2.56. The summed E-state index contributed by atoms with van der Waals surface area (Å²) in [7, 11) is 5.39. The largest absolute Gasteiger partial charge is 0.458 e. The monoisotopic (exact) mass is 532 g/mol. The number of ether oxygens (including phenoxy) is 3. The topological polar surface area (TPSA) is 132 Å². The molecule has 4 aliphatic rings. The van der Waals surface area contributed by atoms with Gasteiger partial charge in [-0.25, -0.2) is 0 Å². The fraction of sp³-hybridized carbons (Fsp3) is 0.750. The number of cyclic esters (lactones) is 1. The van der Waals surface area contributed by atoms with Gasteiger partial charge in [-0.05, 0) is 57.8 Å². The maximum absolute atomic E-state index is 13.9. The Morgan fingerprint density at radius 3 is 2.58 bits per heavy atom. The summed E-state index contributed by atoms with van der Waals surface area (Å²) in [5.74, 6) is -4.98. The van der Waals surface area contributed by atoms with Crippen molar-refractivity contribution >= 4 is 29.7 Å². The van der Waals surface area contributed by atoms with E-state index in [-0.39, 0.29) is 12.5 Å². The van der Waals surface area contributed by atoms with Crippen LogP contribution in [0.3, 0.4) is 0 Å². The number of allylic oxidation sites excluding steroid dienone is 1. The van der Waals surface area contributed by atoms with Crippen LogP contribution in [0.2, 0.25) is 0 Å². The number of rotatable bonds is 8. The first kappa shape index (κ1) is 28.6. The molecule has 1 saturated carbocycles. The number of ketones is 2. The number of aliphatic imine (C=N–C) groups is 1. The minimum absolute atomic E-state index is 0.00103. The predicted molar refractivity (Wildman–Crippen MR) is 137 cm³/mol. The summed E-state index contributed by atoms with van der Waals surface area (Å²) < 4.78 is 17.1. The van der Waals surface area contributed by atoms with Crippen molar-refractivity contribution < 1.29 is 38.5 Å². The van der Waals surface area contributed by atoms with Crippen LogP contribution in [0.15, 0.2) is 16.1 Å². The Bertz CT molecular complexity index is 1070. The highest BCUT2D eigenvalue weighted by atomic mass is 16.6. The third-order valence-electron chi connectivity index (χ3n) is 9.19. The predicted octanol–water partition coefficient (Wildman–Crippen LogP) is 1.38. The zero-order valence-corrected chi connectivity index (χ0v) is 23.2. The van der Waals surface area contributed by atoms with E-state index in [1.54, 1.807) is 0 Å². The van der Waals surface area contributed by atoms with Gasteiger partial charge in [0.15, 0.2) is 0 Å². The second-order valence-corrected chi connectivity index (χ2v) is 11.9. The smallest absolute Gasteiger partial charge is 0.315 e. The van der Waals surface area contributed by atoms with Crippen LogP contribution in [0.25, 0.3) is 0 Å². The van der Waals surface area contributed by atoms with Gasteiger partial charge in [0.2, 0.25) is 11.6 Å². The molecule has 2 fully saturated rings. The van der Waals surface area contributed by atoms with Gasteiger partial charge in [0.25, 0.3) is 0 Å². The Balaban J connectivity index is 1.86. The molecule has 38 heavy (non-hydrogen) atoms. The van der Waals surface area contributed by atoms with Gasteiger partial charge in [-0.3, -0.25) is 24.2 Å². The Morgan fingerprint density at radius 1 is 1.24 bits per heavy atom. The van der Waals surface area contributed by atoms with Crippen LogP contribution < -0.4 is 0 Å². The lowest BCUT2D eigenvalue weighted by atomic mass is 9.49. The number of esters is 2. The van der Waals surface area contributed by atoms with Crippen molar-refractivity contribution in [2.75, 3.05) is 40.9 Å². The number of carbonyl (C=O) groups excluding carboxylic acids is 4. The van der Waals surface area contributed by atoms with Gasteiger partial charge in [-0.15, -0.1) is 0 Å². The Hall–Kier alpha value is -2.43. The Labute approximate surface area is 223 Å². The molecule has 1 saturated heterocycles. The molecule has 1 heterocycles. The van der Waals surface area contributed by atoms with E-state index in [9.17, 15) is 24.3 Å². The minimum Gasteiger partial charge on any atom is -0.458 e. The van der Waals surface area contributed by atoms with Gasteiger partial charge in [0.1, 0.15) is 18.1 Å². The first-order valence-corrected chi connectivity index (χ1v) is 13.4.